The Kier molecular flexibility index (Phi) is 5.71. The zero-order valence-electron chi connectivity index (χ0n) is 10.1. The maximum absolute atomic E-state index is 10.1. The van der Waals surface area contributed by atoms with Crippen molar-refractivity contribution in [2.24, 2.45) is 0 Å². The molecule has 1 unspecified atom stereocenters. The number of phenolic OH excluding ortho intramolecular Hbond substituents is 1. The van der Waals surface area contributed by atoms with Crippen LogP contribution in [0.2, 0.25) is 0 Å². The summed E-state index contributed by atoms with van der Waals surface area (Å²) in [4.78, 5) is 0. The second-order valence-electron chi connectivity index (χ2n) is 3.73. The zero-order valence-corrected chi connectivity index (χ0v) is 11.0. The third kappa shape index (κ3) is 3.57. The first-order valence-electron chi connectivity index (χ1n) is 5.61. The predicted octanol–water partition coefficient (Wildman–Crippen LogP) is 3.50. The maximum atomic E-state index is 10.1. The van der Waals surface area contributed by atoms with E-state index in [4.69, 9.17) is 10.00 Å². The van der Waals surface area contributed by atoms with Gasteiger partial charge in [-0.3, -0.25) is 0 Å². The van der Waals surface area contributed by atoms with Gasteiger partial charge >= 0.3 is 0 Å². The Morgan fingerprint density at radius 2 is 2.29 bits per heavy atom. The Morgan fingerprint density at radius 1 is 1.53 bits per heavy atom. The summed E-state index contributed by atoms with van der Waals surface area (Å²) in [6.45, 7) is 2.08. The first-order chi connectivity index (χ1) is 8.24. The number of thiocyanates is 1. The minimum atomic E-state index is 0.226. The number of nitriles is 1. The summed E-state index contributed by atoms with van der Waals surface area (Å²) >= 11 is 1.25. The monoisotopic (exact) mass is 251 g/mol. The van der Waals surface area contributed by atoms with Gasteiger partial charge in [0.15, 0.2) is 11.5 Å². The third-order valence-corrected chi connectivity index (χ3v) is 3.38. The highest BCUT2D eigenvalue weighted by Gasteiger charge is 2.16. The molecular formula is C13H17NO2S. The van der Waals surface area contributed by atoms with Crippen molar-refractivity contribution in [2.45, 2.75) is 25.7 Å². The lowest BCUT2D eigenvalue weighted by atomic mass is 9.93. The normalized spacial score (nSPS) is 11.8. The van der Waals surface area contributed by atoms with Crippen molar-refractivity contribution in [3.8, 4) is 16.9 Å². The molecule has 0 aromatic heterocycles. The molecule has 1 N–H and O–H groups in total. The van der Waals surface area contributed by atoms with E-state index < -0.39 is 0 Å². The van der Waals surface area contributed by atoms with Crippen molar-refractivity contribution in [1.29, 1.82) is 5.26 Å². The molecule has 0 bridgehead atoms. The van der Waals surface area contributed by atoms with Crippen molar-refractivity contribution in [3.05, 3.63) is 23.8 Å². The van der Waals surface area contributed by atoms with E-state index in [1.54, 1.807) is 13.2 Å². The van der Waals surface area contributed by atoms with Crippen molar-refractivity contribution in [1.82, 2.24) is 0 Å². The molecule has 1 atom stereocenters. The Hall–Kier alpha value is -1.34. The lowest BCUT2D eigenvalue weighted by molar-refractivity contribution is 0.367. The lowest BCUT2D eigenvalue weighted by Gasteiger charge is -2.17. The molecule has 0 heterocycles. The minimum absolute atomic E-state index is 0.226. The van der Waals surface area contributed by atoms with E-state index in [0.29, 0.717) is 5.75 Å². The van der Waals surface area contributed by atoms with Crippen LogP contribution >= 0.6 is 11.8 Å². The number of phenols is 1. The van der Waals surface area contributed by atoms with Crippen molar-refractivity contribution >= 4 is 11.8 Å². The number of hydrogen-bond donors (Lipinski definition) is 1. The van der Waals surface area contributed by atoms with E-state index in [2.05, 4.69) is 12.3 Å². The molecule has 0 aliphatic rings. The number of methoxy groups -OCH3 is 1. The molecule has 4 heteroatoms. The fourth-order valence-corrected chi connectivity index (χ4v) is 2.35. The van der Waals surface area contributed by atoms with Crippen LogP contribution in [0.3, 0.4) is 0 Å². The molecule has 0 saturated heterocycles. The van der Waals surface area contributed by atoms with Gasteiger partial charge in [-0.05, 0) is 36.6 Å². The van der Waals surface area contributed by atoms with E-state index in [1.165, 1.54) is 11.8 Å². The van der Waals surface area contributed by atoms with Crippen LogP contribution in [0.4, 0.5) is 0 Å². The van der Waals surface area contributed by atoms with E-state index in [0.717, 1.165) is 24.2 Å². The largest absolute Gasteiger partial charge is 0.504 e. The molecule has 0 spiro atoms. The molecule has 17 heavy (non-hydrogen) atoms. The molecule has 1 aromatic carbocycles. The van der Waals surface area contributed by atoms with Gasteiger partial charge in [0.25, 0.3) is 0 Å². The van der Waals surface area contributed by atoms with Crippen LogP contribution in [-0.4, -0.2) is 18.0 Å². The average molecular weight is 251 g/mol. The highest BCUT2D eigenvalue weighted by molar-refractivity contribution is 8.03. The van der Waals surface area contributed by atoms with E-state index in [9.17, 15) is 5.11 Å². The first kappa shape index (κ1) is 13.7. The molecule has 0 radical (unpaired) electrons. The van der Waals surface area contributed by atoms with Crippen molar-refractivity contribution in [3.63, 3.8) is 0 Å². The van der Waals surface area contributed by atoms with Gasteiger partial charge in [-0.1, -0.05) is 19.1 Å². The molecular weight excluding hydrogens is 234 g/mol. The number of para-hydroxylation sites is 1. The number of benzene rings is 1. The Balaban J connectivity index is 2.84. The minimum Gasteiger partial charge on any atom is -0.504 e. The van der Waals surface area contributed by atoms with E-state index >= 15 is 0 Å². The van der Waals surface area contributed by atoms with Gasteiger partial charge in [-0.25, -0.2) is 0 Å². The number of hydrogen-bond acceptors (Lipinski definition) is 4. The quantitative estimate of drug-likeness (QED) is 0.621. The van der Waals surface area contributed by atoms with Crippen LogP contribution in [-0.2, 0) is 0 Å². The standard InChI is InChI=1S/C13H17NO2S/c1-3-10(7-8-17-9-14)11-5-4-6-12(16-2)13(11)15/h4-6,10,15H,3,7-8H2,1-2H3. The summed E-state index contributed by atoms with van der Waals surface area (Å²) in [5.74, 6) is 1.79. The number of aromatic hydroxyl groups is 1. The fraction of sp³-hybridized carbons (Fsp3) is 0.462. The Labute approximate surface area is 106 Å². The average Bonchev–Trinajstić information content (AvgIpc) is 2.36. The van der Waals surface area contributed by atoms with E-state index in [1.807, 2.05) is 12.1 Å². The maximum Gasteiger partial charge on any atom is 0.161 e. The van der Waals surface area contributed by atoms with Gasteiger partial charge in [0.2, 0.25) is 0 Å². The SMILES string of the molecule is CCC(CCSC#N)c1cccc(OC)c1O. The topological polar surface area (TPSA) is 53.2 Å². The third-order valence-electron chi connectivity index (χ3n) is 2.82. The second kappa shape index (κ2) is 7.08. The molecule has 0 fully saturated rings. The summed E-state index contributed by atoms with van der Waals surface area (Å²) in [6, 6.07) is 5.55. The molecule has 92 valence electrons. The summed E-state index contributed by atoms with van der Waals surface area (Å²) < 4.78 is 5.10. The van der Waals surface area contributed by atoms with E-state index in [-0.39, 0.29) is 11.7 Å². The molecule has 3 nitrogen and oxygen atoms in total. The lowest BCUT2D eigenvalue weighted by Crippen LogP contribution is -2.00. The fourth-order valence-electron chi connectivity index (χ4n) is 1.86. The summed E-state index contributed by atoms with van der Waals surface area (Å²) in [7, 11) is 1.55. The second-order valence-corrected chi connectivity index (χ2v) is 4.61. The van der Waals surface area contributed by atoms with Crippen molar-refractivity contribution < 1.29 is 9.84 Å². The first-order valence-corrected chi connectivity index (χ1v) is 6.59. The van der Waals surface area contributed by atoms with Gasteiger partial charge in [-0.2, -0.15) is 5.26 Å². The number of thioether (sulfide) groups is 1. The summed E-state index contributed by atoms with van der Waals surface area (Å²) in [5.41, 5.74) is 0.908. The van der Waals surface area contributed by atoms with Gasteiger partial charge in [0, 0.05) is 11.3 Å². The number of nitrogens with zero attached hydrogens (tertiary/aromatic N) is 1. The molecule has 1 rings (SSSR count). The molecule has 1 aromatic rings. The van der Waals surface area contributed by atoms with Gasteiger partial charge in [-0.15, -0.1) is 0 Å². The Bertz CT molecular complexity index is 401. The summed E-state index contributed by atoms with van der Waals surface area (Å²) in [6.07, 6.45) is 1.82. The number of rotatable bonds is 6. The molecule has 0 aliphatic heterocycles. The van der Waals surface area contributed by atoms with Crippen LogP contribution < -0.4 is 4.74 Å². The number of ether oxygens (including phenoxy) is 1. The Morgan fingerprint density at radius 3 is 2.88 bits per heavy atom. The summed E-state index contributed by atoms with van der Waals surface area (Å²) in [5, 5.41) is 20.6. The van der Waals surface area contributed by atoms with Crippen LogP contribution in [0.1, 0.15) is 31.2 Å². The zero-order chi connectivity index (χ0) is 12.7. The molecule has 0 amide bonds. The van der Waals surface area contributed by atoms with Crippen LogP contribution in [0.15, 0.2) is 18.2 Å². The van der Waals surface area contributed by atoms with Crippen LogP contribution in [0.5, 0.6) is 11.5 Å². The van der Waals surface area contributed by atoms with Gasteiger partial charge in [0.1, 0.15) is 5.40 Å². The predicted molar refractivity (Wildman–Crippen MR) is 70.4 cm³/mol. The smallest absolute Gasteiger partial charge is 0.161 e. The van der Waals surface area contributed by atoms with Crippen LogP contribution in [0, 0.1) is 10.7 Å². The molecule has 0 saturated carbocycles. The highest BCUT2D eigenvalue weighted by atomic mass is 32.2. The molecule has 0 aliphatic carbocycles. The van der Waals surface area contributed by atoms with Gasteiger partial charge < -0.3 is 9.84 Å². The van der Waals surface area contributed by atoms with Crippen LogP contribution in [0.25, 0.3) is 0 Å². The van der Waals surface area contributed by atoms with Crippen molar-refractivity contribution in [2.75, 3.05) is 12.9 Å². The highest BCUT2D eigenvalue weighted by Crippen LogP contribution is 2.37. The van der Waals surface area contributed by atoms with Gasteiger partial charge in [0.05, 0.1) is 7.11 Å².